The fourth-order valence-electron chi connectivity index (χ4n) is 2.26. The molecule has 1 aromatic heterocycles. The highest BCUT2D eigenvalue weighted by atomic mass is 35.5. The van der Waals surface area contributed by atoms with E-state index in [2.05, 4.69) is 22.1 Å². The molecule has 1 saturated heterocycles. The van der Waals surface area contributed by atoms with E-state index in [1.807, 2.05) is 11.9 Å². The number of piperidine rings is 1. The molecular weight excluding hydrogens is 240 g/mol. The molecule has 0 atom stereocenters. The van der Waals surface area contributed by atoms with Crippen molar-refractivity contribution < 1.29 is 0 Å². The van der Waals surface area contributed by atoms with Crippen LogP contribution >= 0.6 is 11.6 Å². The number of hydrogen-bond acceptors (Lipinski definition) is 4. The summed E-state index contributed by atoms with van der Waals surface area (Å²) < 4.78 is 0. The van der Waals surface area contributed by atoms with Gasteiger partial charge in [-0.25, -0.2) is 5.10 Å². The van der Waals surface area contributed by atoms with Gasteiger partial charge in [-0.2, -0.15) is 5.10 Å². The average molecular weight is 257 g/mol. The molecule has 0 aromatic carbocycles. The number of H-pyrrole nitrogens is 1. The number of aromatic nitrogens is 2. The van der Waals surface area contributed by atoms with Gasteiger partial charge in [0.25, 0.3) is 5.56 Å². The standard InChI is InChI=1S/C11H17ClN4O/c1-15-5-3-8(4-6-15)16(2)10-9(12)7-13-14-11(10)17/h7-8H,3-6H2,1-2H3,(H,14,17). The van der Waals surface area contributed by atoms with E-state index in [-0.39, 0.29) is 5.56 Å². The lowest BCUT2D eigenvalue weighted by Crippen LogP contribution is -2.43. The van der Waals surface area contributed by atoms with E-state index in [0.29, 0.717) is 16.8 Å². The SMILES string of the molecule is CN1CCC(N(C)c2c(Cl)cn[nH]c2=O)CC1. The predicted octanol–water partition coefficient (Wildman–Crippen LogP) is 0.954. The third-order valence-corrected chi connectivity index (χ3v) is 3.65. The molecule has 0 unspecified atom stereocenters. The van der Waals surface area contributed by atoms with E-state index in [1.54, 1.807) is 0 Å². The minimum absolute atomic E-state index is 0.223. The number of halogens is 1. The molecule has 1 fully saturated rings. The van der Waals surface area contributed by atoms with Crippen molar-refractivity contribution in [2.24, 2.45) is 0 Å². The molecule has 1 aliphatic rings. The van der Waals surface area contributed by atoms with Crippen molar-refractivity contribution in [2.75, 3.05) is 32.1 Å². The molecule has 6 heteroatoms. The van der Waals surface area contributed by atoms with Crippen LogP contribution in [0.15, 0.2) is 11.0 Å². The van der Waals surface area contributed by atoms with Crippen LogP contribution in [-0.4, -0.2) is 48.3 Å². The Morgan fingerprint density at radius 3 is 2.76 bits per heavy atom. The van der Waals surface area contributed by atoms with Crippen LogP contribution in [0.4, 0.5) is 5.69 Å². The maximum Gasteiger partial charge on any atom is 0.289 e. The second-order valence-corrected chi connectivity index (χ2v) is 4.95. The lowest BCUT2D eigenvalue weighted by Gasteiger charge is -2.36. The van der Waals surface area contributed by atoms with E-state index in [4.69, 9.17) is 11.6 Å². The molecule has 1 aromatic rings. The van der Waals surface area contributed by atoms with E-state index < -0.39 is 0 Å². The van der Waals surface area contributed by atoms with Gasteiger partial charge in [-0.1, -0.05) is 11.6 Å². The number of hydrogen-bond donors (Lipinski definition) is 1. The lowest BCUT2D eigenvalue weighted by molar-refractivity contribution is 0.252. The zero-order valence-electron chi connectivity index (χ0n) is 10.1. The summed E-state index contributed by atoms with van der Waals surface area (Å²) in [5.74, 6) is 0. The molecular formula is C11H17ClN4O. The highest BCUT2D eigenvalue weighted by Crippen LogP contribution is 2.24. The van der Waals surface area contributed by atoms with Crippen LogP contribution in [0.5, 0.6) is 0 Å². The van der Waals surface area contributed by atoms with Crippen LogP contribution < -0.4 is 10.5 Å². The van der Waals surface area contributed by atoms with Gasteiger partial charge in [-0.3, -0.25) is 4.79 Å². The predicted molar refractivity (Wildman–Crippen MR) is 68.8 cm³/mol. The van der Waals surface area contributed by atoms with Crippen LogP contribution in [-0.2, 0) is 0 Å². The molecule has 0 aliphatic carbocycles. The zero-order valence-corrected chi connectivity index (χ0v) is 10.9. The van der Waals surface area contributed by atoms with Gasteiger partial charge < -0.3 is 9.80 Å². The Labute approximate surface area is 105 Å². The number of aromatic amines is 1. The lowest BCUT2D eigenvalue weighted by atomic mass is 10.0. The monoisotopic (exact) mass is 256 g/mol. The van der Waals surface area contributed by atoms with E-state index >= 15 is 0 Å². The molecule has 0 saturated carbocycles. The number of nitrogens with one attached hydrogen (secondary N) is 1. The molecule has 0 amide bonds. The molecule has 1 aliphatic heterocycles. The summed E-state index contributed by atoms with van der Waals surface area (Å²) >= 11 is 6.04. The largest absolute Gasteiger partial charge is 0.366 e. The second kappa shape index (κ2) is 5.06. The van der Waals surface area contributed by atoms with Gasteiger partial charge in [0.15, 0.2) is 0 Å². The molecule has 1 N–H and O–H groups in total. The Kier molecular flexibility index (Phi) is 3.69. The highest BCUT2D eigenvalue weighted by molar-refractivity contribution is 6.33. The minimum Gasteiger partial charge on any atom is -0.366 e. The first-order chi connectivity index (χ1) is 8.09. The van der Waals surface area contributed by atoms with Crippen LogP contribution in [0.2, 0.25) is 5.02 Å². The quantitative estimate of drug-likeness (QED) is 0.856. The maximum atomic E-state index is 11.7. The summed E-state index contributed by atoms with van der Waals surface area (Å²) in [6.45, 7) is 2.10. The molecule has 2 heterocycles. The molecule has 5 nitrogen and oxygen atoms in total. The van der Waals surface area contributed by atoms with Crippen molar-refractivity contribution in [2.45, 2.75) is 18.9 Å². The van der Waals surface area contributed by atoms with Crippen LogP contribution in [0.1, 0.15) is 12.8 Å². The topological polar surface area (TPSA) is 52.2 Å². The third kappa shape index (κ3) is 2.61. The third-order valence-electron chi connectivity index (χ3n) is 3.37. The van der Waals surface area contributed by atoms with Gasteiger partial charge in [0.1, 0.15) is 5.69 Å². The van der Waals surface area contributed by atoms with Crippen molar-refractivity contribution in [1.29, 1.82) is 0 Å². The van der Waals surface area contributed by atoms with Gasteiger partial charge in [0.05, 0.1) is 11.2 Å². The molecule has 94 valence electrons. The van der Waals surface area contributed by atoms with Gasteiger partial charge in [0, 0.05) is 13.1 Å². The number of anilines is 1. The number of rotatable bonds is 2. The van der Waals surface area contributed by atoms with Crippen molar-refractivity contribution in [3.8, 4) is 0 Å². The van der Waals surface area contributed by atoms with Crippen LogP contribution in [0.3, 0.4) is 0 Å². The van der Waals surface area contributed by atoms with Crippen molar-refractivity contribution in [3.05, 3.63) is 21.6 Å². The van der Waals surface area contributed by atoms with Gasteiger partial charge >= 0.3 is 0 Å². The Morgan fingerprint density at radius 1 is 1.53 bits per heavy atom. The second-order valence-electron chi connectivity index (χ2n) is 4.54. The van der Waals surface area contributed by atoms with Gasteiger partial charge in [-0.05, 0) is 33.0 Å². The molecule has 17 heavy (non-hydrogen) atoms. The Balaban J connectivity index is 2.19. The molecule has 0 spiro atoms. The molecule has 0 radical (unpaired) electrons. The Morgan fingerprint density at radius 2 is 2.18 bits per heavy atom. The summed E-state index contributed by atoms with van der Waals surface area (Å²) in [7, 11) is 4.04. The fourth-order valence-corrected chi connectivity index (χ4v) is 2.53. The summed E-state index contributed by atoms with van der Waals surface area (Å²) in [4.78, 5) is 16.0. The average Bonchev–Trinajstić information content (AvgIpc) is 2.29. The number of likely N-dealkylation sites (tertiary alicyclic amines) is 1. The van der Waals surface area contributed by atoms with Crippen LogP contribution in [0.25, 0.3) is 0 Å². The van der Waals surface area contributed by atoms with Crippen molar-refractivity contribution >= 4 is 17.3 Å². The first-order valence-electron chi connectivity index (χ1n) is 5.74. The molecule has 0 bridgehead atoms. The Bertz CT molecular complexity index is 439. The first kappa shape index (κ1) is 12.4. The minimum atomic E-state index is -0.223. The van der Waals surface area contributed by atoms with E-state index in [9.17, 15) is 4.79 Å². The van der Waals surface area contributed by atoms with Gasteiger partial charge in [0.2, 0.25) is 0 Å². The summed E-state index contributed by atoms with van der Waals surface area (Å²) in [5, 5.41) is 6.52. The smallest absolute Gasteiger partial charge is 0.289 e. The highest BCUT2D eigenvalue weighted by Gasteiger charge is 2.23. The zero-order chi connectivity index (χ0) is 12.4. The normalized spacial score (nSPS) is 18.3. The number of nitrogens with zero attached hydrogens (tertiary/aromatic N) is 3. The van der Waals surface area contributed by atoms with Gasteiger partial charge in [-0.15, -0.1) is 0 Å². The fraction of sp³-hybridized carbons (Fsp3) is 0.636. The van der Waals surface area contributed by atoms with Crippen molar-refractivity contribution in [1.82, 2.24) is 15.1 Å². The van der Waals surface area contributed by atoms with Crippen LogP contribution in [0, 0.1) is 0 Å². The maximum absolute atomic E-state index is 11.7. The summed E-state index contributed by atoms with van der Waals surface area (Å²) in [5.41, 5.74) is 0.301. The Hall–Kier alpha value is -1.07. The summed E-state index contributed by atoms with van der Waals surface area (Å²) in [6, 6.07) is 0.368. The van der Waals surface area contributed by atoms with E-state index in [1.165, 1.54) is 6.20 Å². The summed E-state index contributed by atoms with van der Waals surface area (Å²) in [6.07, 6.45) is 3.57. The molecule has 2 rings (SSSR count). The van der Waals surface area contributed by atoms with E-state index in [0.717, 1.165) is 25.9 Å². The first-order valence-corrected chi connectivity index (χ1v) is 6.12. The van der Waals surface area contributed by atoms with Crippen molar-refractivity contribution in [3.63, 3.8) is 0 Å².